The van der Waals surface area contributed by atoms with Crippen LogP contribution in [0.25, 0.3) is 20.7 Å². The number of carbonyl (C=O) groups is 5. The standard InChI is InChI=1S/C41H32Cl2N4O8S/c1-17-25-12-18(42)4-11-31(25)56-35(17)29-16-32(45(3)44-29)47-37(51)27-15-26-21(34(41(27,2)40(47)55)22-8-6-20(48)14-28(22)43)9-10-24-33(26)38(52)46(36(24)50)19-5-7-23(39(53)54)30(49)13-19/h4-9,11-14,16,24,26-27,33-34,48-49H,10,15H2,1-3H3,(H,53,54). The van der Waals surface area contributed by atoms with Crippen molar-refractivity contribution in [1.82, 2.24) is 9.78 Å². The zero-order valence-electron chi connectivity index (χ0n) is 30.0. The molecule has 2 aliphatic heterocycles. The average Bonchev–Trinajstić information content (AvgIpc) is 3.82. The number of thiophene rings is 1. The number of nitrogens with zero attached hydrogens (tertiary/aromatic N) is 4. The molecule has 4 aliphatic rings. The van der Waals surface area contributed by atoms with Crippen molar-refractivity contribution in [2.75, 3.05) is 9.80 Å². The van der Waals surface area contributed by atoms with E-state index in [1.165, 1.54) is 39.1 Å². The van der Waals surface area contributed by atoms with Gasteiger partial charge in [-0.2, -0.15) is 5.10 Å². The van der Waals surface area contributed by atoms with Gasteiger partial charge in [0.05, 0.1) is 33.7 Å². The van der Waals surface area contributed by atoms with Gasteiger partial charge in [-0.1, -0.05) is 40.9 Å². The van der Waals surface area contributed by atoms with Crippen LogP contribution in [-0.4, -0.2) is 54.7 Å². The number of phenols is 2. The number of halogens is 2. The van der Waals surface area contributed by atoms with E-state index in [1.54, 1.807) is 26.1 Å². The molecule has 3 aromatic carbocycles. The summed E-state index contributed by atoms with van der Waals surface area (Å²) in [5, 5.41) is 36.7. The molecule has 284 valence electrons. The van der Waals surface area contributed by atoms with Crippen LogP contribution in [-0.2, 0) is 26.2 Å². The van der Waals surface area contributed by atoms with Crippen LogP contribution >= 0.6 is 34.5 Å². The van der Waals surface area contributed by atoms with E-state index in [1.807, 2.05) is 31.2 Å². The molecule has 3 fully saturated rings. The number of aromatic carboxylic acids is 1. The Balaban J connectivity index is 1.14. The van der Waals surface area contributed by atoms with Crippen LogP contribution in [0.3, 0.4) is 0 Å². The molecule has 3 N–H and O–H groups in total. The fourth-order valence-corrected chi connectivity index (χ4v) is 11.2. The molecule has 2 saturated heterocycles. The maximum absolute atomic E-state index is 15.1. The van der Waals surface area contributed by atoms with Crippen LogP contribution in [0.2, 0.25) is 10.0 Å². The van der Waals surface area contributed by atoms with Crippen LogP contribution in [0, 0.1) is 36.0 Å². The molecule has 2 aromatic heterocycles. The molecule has 9 rings (SSSR count). The van der Waals surface area contributed by atoms with Gasteiger partial charge in [0, 0.05) is 39.8 Å². The van der Waals surface area contributed by atoms with Crippen LogP contribution < -0.4 is 9.80 Å². The number of fused-ring (bicyclic) bond motifs is 5. The molecule has 6 unspecified atom stereocenters. The number of allylic oxidation sites excluding steroid dienone is 2. The first-order valence-electron chi connectivity index (χ1n) is 17.9. The van der Waals surface area contributed by atoms with E-state index < -0.39 is 70.4 Å². The average molecular weight is 812 g/mol. The minimum absolute atomic E-state index is 0.0273. The number of aromatic hydroxyl groups is 2. The lowest BCUT2D eigenvalue weighted by atomic mass is 9.51. The number of benzene rings is 3. The highest BCUT2D eigenvalue weighted by atomic mass is 35.5. The van der Waals surface area contributed by atoms with E-state index in [4.69, 9.17) is 28.3 Å². The first kappa shape index (κ1) is 36.2. The number of rotatable bonds is 5. The minimum Gasteiger partial charge on any atom is -0.508 e. The Kier molecular flexibility index (Phi) is 8.07. The van der Waals surface area contributed by atoms with E-state index >= 15 is 4.79 Å². The normalized spacial score (nSPS) is 25.8. The number of aromatic nitrogens is 2. The molecule has 15 heteroatoms. The van der Waals surface area contributed by atoms with Crippen LogP contribution in [0.15, 0.2) is 72.3 Å². The van der Waals surface area contributed by atoms with Gasteiger partial charge in [0.15, 0.2) is 0 Å². The molecule has 1 saturated carbocycles. The van der Waals surface area contributed by atoms with Gasteiger partial charge >= 0.3 is 5.97 Å². The predicted octanol–water partition coefficient (Wildman–Crippen LogP) is 7.46. The number of amides is 4. The maximum Gasteiger partial charge on any atom is 0.339 e. The van der Waals surface area contributed by atoms with Crippen molar-refractivity contribution in [2.24, 2.45) is 36.1 Å². The lowest BCUT2D eigenvalue weighted by Crippen LogP contribution is -2.49. The molecule has 0 spiro atoms. The highest BCUT2D eigenvalue weighted by molar-refractivity contribution is 7.22. The number of carboxylic acids is 1. The Hall–Kier alpha value is -5.50. The van der Waals surface area contributed by atoms with Crippen molar-refractivity contribution in [3.8, 4) is 22.1 Å². The fourth-order valence-electron chi connectivity index (χ4n) is 9.64. The molecule has 56 heavy (non-hydrogen) atoms. The Labute approximate surface area is 333 Å². The molecule has 4 heterocycles. The first-order chi connectivity index (χ1) is 26.6. The Morgan fingerprint density at radius 2 is 1.70 bits per heavy atom. The lowest BCUT2D eigenvalue weighted by Gasteiger charge is -2.49. The van der Waals surface area contributed by atoms with Crippen LogP contribution in [0.5, 0.6) is 11.5 Å². The summed E-state index contributed by atoms with van der Waals surface area (Å²) in [7, 11) is 1.67. The van der Waals surface area contributed by atoms with Gasteiger partial charge in [0.25, 0.3) is 0 Å². The number of imide groups is 2. The van der Waals surface area contributed by atoms with Crippen molar-refractivity contribution < 1.29 is 39.3 Å². The van der Waals surface area contributed by atoms with Crippen molar-refractivity contribution in [1.29, 1.82) is 0 Å². The lowest BCUT2D eigenvalue weighted by molar-refractivity contribution is -0.131. The summed E-state index contributed by atoms with van der Waals surface area (Å²) in [6.07, 6.45) is 2.11. The summed E-state index contributed by atoms with van der Waals surface area (Å²) < 4.78 is 2.52. The molecule has 12 nitrogen and oxygen atoms in total. The molecule has 4 amide bonds. The summed E-state index contributed by atoms with van der Waals surface area (Å²) in [5.74, 6) is -7.96. The number of aryl methyl sites for hydroxylation is 2. The smallest absolute Gasteiger partial charge is 0.339 e. The summed E-state index contributed by atoms with van der Waals surface area (Å²) in [6, 6.07) is 15.3. The zero-order chi connectivity index (χ0) is 39.7. The van der Waals surface area contributed by atoms with Crippen molar-refractivity contribution in [2.45, 2.75) is 32.6 Å². The number of carbonyl (C=O) groups excluding carboxylic acids is 4. The summed E-state index contributed by atoms with van der Waals surface area (Å²) in [5.41, 5.74) is 0.966. The highest BCUT2D eigenvalue weighted by Crippen LogP contribution is 2.64. The molecular weight excluding hydrogens is 779 g/mol. The third-order valence-corrected chi connectivity index (χ3v) is 14.1. The monoisotopic (exact) mass is 810 g/mol. The van der Waals surface area contributed by atoms with Crippen molar-refractivity contribution >= 4 is 85.7 Å². The summed E-state index contributed by atoms with van der Waals surface area (Å²) in [4.78, 5) is 72.9. The van der Waals surface area contributed by atoms with Gasteiger partial charge in [0.1, 0.15) is 28.6 Å². The molecule has 6 atom stereocenters. The minimum atomic E-state index is -1.40. The van der Waals surface area contributed by atoms with Gasteiger partial charge < -0.3 is 15.3 Å². The zero-order valence-corrected chi connectivity index (χ0v) is 32.3. The third-order valence-electron chi connectivity index (χ3n) is 12.3. The second-order valence-corrected chi connectivity index (χ2v) is 17.0. The van der Waals surface area contributed by atoms with Crippen molar-refractivity contribution in [3.05, 3.63) is 99.0 Å². The second-order valence-electron chi connectivity index (χ2n) is 15.1. The van der Waals surface area contributed by atoms with Gasteiger partial charge in [-0.3, -0.25) is 23.9 Å². The fraction of sp³-hybridized carbons (Fsp3) is 0.268. The quantitative estimate of drug-likeness (QED) is 0.120. The Morgan fingerprint density at radius 1 is 0.929 bits per heavy atom. The summed E-state index contributed by atoms with van der Waals surface area (Å²) >= 11 is 14.7. The number of hydrogen-bond donors (Lipinski definition) is 3. The van der Waals surface area contributed by atoms with Gasteiger partial charge in [-0.25, -0.2) is 14.6 Å². The van der Waals surface area contributed by atoms with E-state index in [2.05, 4.69) is 0 Å². The first-order valence-corrected chi connectivity index (χ1v) is 19.4. The van der Waals surface area contributed by atoms with Gasteiger partial charge in [0.2, 0.25) is 23.6 Å². The van der Waals surface area contributed by atoms with Crippen LogP contribution in [0.1, 0.15) is 47.2 Å². The number of anilines is 2. The topological polar surface area (TPSA) is 170 Å². The van der Waals surface area contributed by atoms with E-state index in [-0.39, 0.29) is 40.7 Å². The predicted molar refractivity (Wildman–Crippen MR) is 209 cm³/mol. The number of phenolic OH excluding ortho intramolecular Hbond substituents is 1. The van der Waals surface area contributed by atoms with Crippen molar-refractivity contribution in [3.63, 3.8) is 0 Å². The van der Waals surface area contributed by atoms with Gasteiger partial charge in [-0.05, 0) is 91.6 Å². The second kappa shape index (κ2) is 12.5. The van der Waals surface area contributed by atoms with Crippen LogP contribution in [0.4, 0.5) is 11.5 Å². The van der Waals surface area contributed by atoms with E-state index in [0.29, 0.717) is 21.9 Å². The molecular formula is C41H32Cl2N4O8S. The SMILES string of the molecule is Cc1c(-c2cc(N3C(=O)C4CC5C(=CCC6C(=O)N(c7ccc(C(=O)O)c(O)c7)C(=O)C65)C(c5ccc(O)cc5Cl)C4(C)C3=O)n(C)n2)sc2ccc(Cl)cc12. The Morgan fingerprint density at radius 3 is 2.41 bits per heavy atom. The Bertz CT molecular complexity index is 2670. The maximum atomic E-state index is 15.1. The number of hydrogen-bond acceptors (Lipinski definition) is 9. The third kappa shape index (κ3) is 4.96. The molecule has 5 aromatic rings. The van der Waals surface area contributed by atoms with E-state index in [9.17, 15) is 34.5 Å². The summed E-state index contributed by atoms with van der Waals surface area (Å²) in [6.45, 7) is 3.71. The highest BCUT2D eigenvalue weighted by Gasteiger charge is 2.68. The van der Waals surface area contributed by atoms with E-state index in [0.717, 1.165) is 37.6 Å². The largest absolute Gasteiger partial charge is 0.508 e. The molecule has 0 bridgehead atoms. The number of carboxylic acid groups (broad SMARTS) is 1. The molecule has 0 radical (unpaired) electrons. The molecule has 2 aliphatic carbocycles. The van der Waals surface area contributed by atoms with Gasteiger partial charge in [-0.15, -0.1) is 11.3 Å².